The first kappa shape index (κ1) is 12.1. The van der Waals surface area contributed by atoms with Crippen LogP contribution in [0.25, 0.3) is 0 Å². The molecule has 0 aliphatic heterocycles. The average molecular weight is 247 g/mol. The van der Waals surface area contributed by atoms with Crippen LogP contribution in [0.15, 0.2) is 60.7 Å². The number of rotatable bonds is 3. The Morgan fingerprint density at radius 3 is 1.88 bits per heavy atom. The van der Waals surface area contributed by atoms with E-state index >= 15 is 0 Å². The van der Waals surface area contributed by atoms with Crippen molar-refractivity contribution in [3.8, 4) is 0 Å². The van der Waals surface area contributed by atoms with Crippen LogP contribution in [-0.2, 0) is 5.00 Å². The van der Waals surface area contributed by atoms with Crippen molar-refractivity contribution in [2.24, 2.45) is 11.5 Å². The minimum Gasteiger partial charge on any atom is -0.321 e. The summed E-state index contributed by atoms with van der Waals surface area (Å²) in [7, 11) is 0. The number of hydrogen-bond donors (Lipinski definition) is 2. The van der Waals surface area contributed by atoms with Crippen molar-refractivity contribution in [1.82, 2.24) is 0 Å². The smallest absolute Gasteiger partial charge is 0.136 e. The molecule has 2 unspecified atom stereocenters. The Bertz CT molecular complexity index is 468. The Morgan fingerprint density at radius 2 is 1.35 bits per heavy atom. The molecule has 2 nitrogen and oxygen atoms in total. The maximum absolute atomic E-state index is 6.40. The number of alkyl halides is 1. The summed E-state index contributed by atoms with van der Waals surface area (Å²) in [6, 6.07) is 18.7. The highest BCUT2D eigenvalue weighted by Crippen LogP contribution is 2.34. The third-order valence-corrected chi connectivity index (χ3v) is 3.28. The molecule has 0 saturated heterocycles. The lowest BCUT2D eigenvalue weighted by atomic mass is 9.94. The van der Waals surface area contributed by atoms with Gasteiger partial charge in [0.05, 0.1) is 6.04 Å². The molecule has 2 atom stereocenters. The quantitative estimate of drug-likeness (QED) is 0.646. The first-order chi connectivity index (χ1) is 8.12. The lowest BCUT2D eigenvalue weighted by Gasteiger charge is -2.29. The maximum atomic E-state index is 6.40. The van der Waals surface area contributed by atoms with Crippen LogP contribution in [0.4, 0.5) is 0 Å². The van der Waals surface area contributed by atoms with Crippen molar-refractivity contribution in [2.75, 3.05) is 0 Å². The van der Waals surface area contributed by atoms with E-state index in [2.05, 4.69) is 0 Å². The Hall–Kier alpha value is -1.35. The van der Waals surface area contributed by atoms with E-state index in [9.17, 15) is 0 Å². The molecule has 2 aromatic carbocycles. The van der Waals surface area contributed by atoms with Gasteiger partial charge in [0.1, 0.15) is 5.00 Å². The van der Waals surface area contributed by atoms with Gasteiger partial charge in [0.15, 0.2) is 0 Å². The summed E-state index contributed by atoms with van der Waals surface area (Å²) in [5.74, 6) is 0. The van der Waals surface area contributed by atoms with Crippen LogP contribution in [0.1, 0.15) is 17.2 Å². The molecule has 0 bridgehead atoms. The molecule has 4 N–H and O–H groups in total. The number of benzene rings is 2. The van der Waals surface area contributed by atoms with Gasteiger partial charge in [-0.25, -0.2) is 0 Å². The molecular formula is C14H15ClN2. The summed E-state index contributed by atoms with van der Waals surface area (Å²) in [5.41, 5.74) is 14.0. The van der Waals surface area contributed by atoms with Gasteiger partial charge >= 0.3 is 0 Å². The third-order valence-electron chi connectivity index (χ3n) is 2.83. The average Bonchev–Trinajstić information content (AvgIpc) is 2.40. The van der Waals surface area contributed by atoms with E-state index in [1.807, 2.05) is 60.7 Å². The molecular weight excluding hydrogens is 232 g/mol. The highest BCUT2D eigenvalue weighted by Gasteiger charge is 2.32. The first-order valence-electron chi connectivity index (χ1n) is 5.46. The standard InChI is InChI=1S/C14H15ClN2/c15-14(17,12-9-5-2-6-10-12)13(16)11-7-3-1-4-8-11/h1-10,13H,16-17H2. The molecule has 88 valence electrons. The number of halogens is 1. The van der Waals surface area contributed by atoms with E-state index in [0.717, 1.165) is 11.1 Å². The van der Waals surface area contributed by atoms with Gasteiger partial charge in [-0.05, 0) is 11.1 Å². The fourth-order valence-electron chi connectivity index (χ4n) is 1.78. The predicted molar refractivity (Wildman–Crippen MR) is 71.5 cm³/mol. The molecule has 3 heteroatoms. The Labute approximate surface area is 106 Å². The molecule has 2 rings (SSSR count). The highest BCUT2D eigenvalue weighted by atomic mass is 35.5. The van der Waals surface area contributed by atoms with Gasteiger partial charge in [0.25, 0.3) is 0 Å². The molecule has 0 aromatic heterocycles. The highest BCUT2D eigenvalue weighted by molar-refractivity contribution is 6.24. The zero-order chi connectivity index (χ0) is 12.3. The third kappa shape index (κ3) is 2.50. The van der Waals surface area contributed by atoms with Gasteiger partial charge in [-0.3, -0.25) is 0 Å². The second-order valence-corrected chi connectivity index (χ2v) is 4.65. The Morgan fingerprint density at radius 1 is 0.882 bits per heavy atom. The summed E-state index contributed by atoms with van der Waals surface area (Å²) < 4.78 is 0. The maximum Gasteiger partial charge on any atom is 0.136 e. The molecule has 2 aromatic rings. The number of nitrogens with two attached hydrogens (primary N) is 2. The van der Waals surface area contributed by atoms with Crippen molar-refractivity contribution in [3.63, 3.8) is 0 Å². The summed E-state index contributed by atoms with van der Waals surface area (Å²) >= 11 is 6.40. The van der Waals surface area contributed by atoms with Crippen LogP contribution in [0.5, 0.6) is 0 Å². The molecule has 0 saturated carbocycles. The van der Waals surface area contributed by atoms with Gasteiger partial charge in [-0.15, -0.1) is 0 Å². The van der Waals surface area contributed by atoms with Crippen molar-refractivity contribution in [3.05, 3.63) is 71.8 Å². The lowest BCUT2D eigenvalue weighted by Crippen LogP contribution is -2.41. The van der Waals surface area contributed by atoms with E-state index in [0.29, 0.717) is 0 Å². The van der Waals surface area contributed by atoms with Crippen molar-refractivity contribution in [1.29, 1.82) is 0 Å². The largest absolute Gasteiger partial charge is 0.321 e. The Balaban J connectivity index is 2.33. The van der Waals surface area contributed by atoms with Crippen LogP contribution >= 0.6 is 11.6 Å². The SMILES string of the molecule is NC(c1ccccc1)C(N)(Cl)c1ccccc1. The van der Waals surface area contributed by atoms with E-state index in [4.69, 9.17) is 23.1 Å². The predicted octanol–water partition coefficient (Wildman–Crippen LogP) is 2.74. The van der Waals surface area contributed by atoms with Crippen LogP contribution in [0, 0.1) is 0 Å². The van der Waals surface area contributed by atoms with E-state index < -0.39 is 11.0 Å². The molecule has 0 amide bonds. The van der Waals surface area contributed by atoms with Crippen LogP contribution in [-0.4, -0.2) is 0 Å². The minimum atomic E-state index is -1.09. The molecule has 17 heavy (non-hydrogen) atoms. The molecule has 0 spiro atoms. The molecule has 0 radical (unpaired) electrons. The fourth-order valence-corrected chi connectivity index (χ4v) is 2.03. The summed E-state index contributed by atoms with van der Waals surface area (Å²) in [6.07, 6.45) is 0. The van der Waals surface area contributed by atoms with Gasteiger partial charge < -0.3 is 11.5 Å². The fraction of sp³-hybridized carbons (Fsp3) is 0.143. The van der Waals surface area contributed by atoms with Crippen LogP contribution < -0.4 is 11.5 Å². The second-order valence-electron chi connectivity index (χ2n) is 4.02. The second kappa shape index (κ2) is 4.88. The topological polar surface area (TPSA) is 52.0 Å². The summed E-state index contributed by atoms with van der Waals surface area (Å²) in [5, 5.41) is 0. The lowest BCUT2D eigenvalue weighted by molar-refractivity contribution is 0.509. The van der Waals surface area contributed by atoms with Crippen molar-refractivity contribution in [2.45, 2.75) is 11.0 Å². The normalized spacial score (nSPS) is 16.2. The molecule has 0 aliphatic rings. The van der Waals surface area contributed by atoms with Gasteiger partial charge in [0.2, 0.25) is 0 Å². The van der Waals surface area contributed by atoms with E-state index in [-0.39, 0.29) is 0 Å². The van der Waals surface area contributed by atoms with Crippen LogP contribution in [0.2, 0.25) is 0 Å². The summed E-state index contributed by atoms with van der Waals surface area (Å²) in [4.78, 5) is -1.09. The monoisotopic (exact) mass is 246 g/mol. The number of hydrogen-bond acceptors (Lipinski definition) is 2. The first-order valence-corrected chi connectivity index (χ1v) is 5.84. The van der Waals surface area contributed by atoms with E-state index in [1.54, 1.807) is 0 Å². The minimum absolute atomic E-state index is 0.451. The molecule has 0 fully saturated rings. The molecule has 0 aliphatic carbocycles. The van der Waals surface area contributed by atoms with Gasteiger partial charge in [0, 0.05) is 0 Å². The van der Waals surface area contributed by atoms with Crippen molar-refractivity contribution < 1.29 is 0 Å². The van der Waals surface area contributed by atoms with Gasteiger partial charge in [-0.1, -0.05) is 72.3 Å². The van der Waals surface area contributed by atoms with Crippen molar-refractivity contribution >= 4 is 11.6 Å². The van der Waals surface area contributed by atoms with Gasteiger partial charge in [-0.2, -0.15) is 0 Å². The summed E-state index contributed by atoms with van der Waals surface area (Å²) in [6.45, 7) is 0. The molecule has 0 heterocycles. The van der Waals surface area contributed by atoms with E-state index in [1.165, 1.54) is 0 Å². The zero-order valence-corrected chi connectivity index (χ0v) is 10.1. The Kier molecular flexibility index (Phi) is 3.48. The zero-order valence-electron chi connectivity index (χ0n) is 9.38. The van der Waals surface area contributed by atoms with Crippen LogP contribution in [0.3, 0.4) is 0 Å².